The second-order valence-corrected chi connectivity index (χ2v) is 6.39. The Morgan fingerprint density at radius 1 is 1.26 bits per heavy atom. The van der Waals surface area contributed by atoms with Crippen molar-refractivity contribution in [2.24, 2.45) is 0 Å². The summed E-state index contributed by atoms with van der Waals surface area (Å²) < 4.78 is 11.1. The summed E-state index contributed by atoms with van der Waals surface area (Å²) in [6, 6.07) is 3.81. The van der Waals surface area contributed by atoms with Crippen LogP contribution in [0.1, 0.15) is 25.7 Å². The fourth-order valence-corrected chi connectivity index (χ4v) is 3.07. The number of hydrogen-bond acceptors (Lipinski definition) is 4. The number of carbonyl (C=O) groups is 1. The van der Waals surface area contributed by atoms with Crippen LogP contribution in [0.15, 0.2) is 18.3 Å². The van der Waals surface area contributed by atoms with Crippen LogP contribution in [0.5, 0.6) is 5.88 Å². The van der Waals surface area contributed by atoms with Crippen LogP contribution in [-0.4, -0.2) is 54.4 Å². The first kappa shape index (κ1) is 16.3. The van der Waals surface area contributed by atoms with E-state index in [2.05, 4.69) is 10.3 Å². The summed E-state index contributed by atoms with van der Waals surface area (Å²) >= 11 is 5.82. The topological polar surface area (TPSA) is 63.7 Å². The normalized spacial score (nSPS) is 25.0. The number of urea groups is 1. The Hall–Kier alpha value is -1.53. The summed E-state index contributed by atoms with van der Waals surface area (Å²) in [5, 5.41) is 3.73. The molecule has 0 aromatic carbocycles. The van der Waals surface area contributed by atoms with Gasteiger partial charge in [0.1, 0.15) is 6.10 Å². The highest BCUT2D eigenvalue weighted by Gasteiger charge is 2.26. The fourth-order valence-electron chi connectivity index (χ4n) is 2.96. The summed E-state index contributed by atoms with van der Waals surface area (Å²) in [6.45, 7) is 2.60. The number of rotatable bonds is 3. The van der Waals surface area contributed by atoms with Gasteiger partial charge in [0, 0.05) is 31.4 Å². The number of ether oxygens (including phenoxy) is 2. The Morgan fingerprint density at radius 3 is 2.65 bits per heavy atom. The maximum Gasteiger partial charge on any atom is 0.317 e. The van der Waals surface area contributed by atoms with Crippen molar-refractivity contribution in [1.29, 1.82) is 0 Å². The van der Waals surface area contributed by atoms with Gasteiger partial charge in [0.05, 0.1) is 18.2 Å². The van der Waals surface area contributed by atoms with E-state index in [9.17, 15) is 4.79 Å². The number of aromatic nitrogens is 1. The summed E-state index contributed by atoms with van der Waals surface area (Å²) in [6.07, 6.45) is 5.42. The third-order valence-corrected chi connectivity index (χ3v) is 4.51. The number of halogens is 1. The Bertz CT molecular complexity index is 512. The lowest BCUT2D eigenvalue weighted by Gasteiger charge is -2.32. The number of amides is 2. The smallest absolute Gasteiger partial charge is 0.317 e. The van der Waals surface area contributed by atoms with Crippen LogP contribution in [-0.2, 0) is 4.74 Å². The molecule has 1 saturated heterocycles. The van der Waals surface area contributed by atoms with Crippen LogP contribution in [0.2, 0.25) is 5.02 Å². The standard InChI is InChI=1S/C16H22ClN3O3/c17-12-1-6-15(18-11-12)23-14-4-2-13(3-5-14)19-16(21)20-7-9-22-10-8-20/h1,6,11,13-14H,2-5,7-10H2,(H,19,21). The van der Waals surface area contributed by atoms with E-state index in [0.717, 1.165) is 25.7 Å². The van der Waals surface area contributed by atoms with Gasteiger partial charge >= 0.3 is 6.03 Å². The molecule has 3 rings (SSSR count). The highest BCUT2D eigenvalue weighted by Crippen LogP contribution is 2.23. The van der Waals surface area contributed by atoms with E-state index in [1.807, 2.05) is 4.90 Å². The molecule has 126 valence electrons. The van der Waals surface area contributed by atoms with E-state index < -0.39 is 0 Å². The molecule has 2 fully saturated rings. The molecule has 2 aliphatic rings. The monoisotopic (exact) mass is 339 g/mol. The van der Waals surface area contributed by atoms with E-state index in [1.54, 1.807) is 18.3 Å². The molecule has 0 radical (unpaired) electrons. The molecule has 1 aliphatic heterocycles. The molecule has 0 bridgehead atoms. The fraction of sp³-hybridized carbons (Fsp3) is 0.625. The maximum absolute atomic E-state index is 12.2. The zero-order valence-electron chi connectivity index (χ0n) is 13.0. The second kappa shape index (κ2) is 7.84. The number of nitrogens with one attached hydrogen (secondary N) is 1. The Morgan fingerprint density at radius 2 is 2.00 bits per heavy atom. The largest absolute Gasteiger partial charge is 0.474 e. The SMILES string of the molecule is O=C(NC1CCC(Oc2ccc(Cl)cn2)CC1)N1CCOCC1. The van der Waals surface area contributed by atoms with Crippen molar-refractivity contribution in [1.82, 2.24) is 15.2 Å². The minimum absolute atomic E-state index is 0.0250. The molecule has 7 heteroatoms. The van der Waals surface area contributed by atoms with Gasteiger partial charge in [-0.05, 0) is 31.7 Å². The molecular weight excluding hydrogens is 318 g/mol. The van der Waals surface area contributed by atoms with Crippen LogP contribution >= 0.6 is 11.6 Å². The van der Waals surface area contributed by atoms with Crippen molar-refractivity contribution >= 4 is 17.6 Å². The molecule has 1 saturated carbocycles. The number of morpholine rings is 1. The first-order chi connectivity index (χ1) is 11.2. The maximum atomic E-state index is 12.2. The number of carbonyl (C=O) groups excluding carboxylic acids is 1. The van der Waals surface area contributed by atoms with Crippen molar-refractivity contribution in [3.8, 4) is 5.88 Å². The van der Waals surface area contributed by atoms with E-state index in [-0.39, 0.29) is 18.2 Å². The van der Waals surface area contributed by atoms with Gasteiger partial charge in [0.2, 0.25) is 5.88 Å². The van der Waals surface area contributed by atoms with Gasteiger partial charge in [-0.25, -0.2) is 9.78 Å². The zero-order valence-corrected chi connectivity index (χ0v) is 13.8. The van der Waals surface area contributed by atoms with E-state index >= 15 is 0 Å². The second-order valence-electron chi connectivity index (χ2n) is 5.96. The van der Waals surface area contributed by atoms with Gasteiger partial charge in [-0.1, -0.05) is 11.6 Å². The van der Waals surface area contributed by atoms with Gasteiger partial charge in [0.15, 0.2) is 0 Å². The summed E-state index contributed by atoms with van der Waals surface area (Å²) in [5.74, 6) is 0.607. The number of hydrogen-bond donors (Lipinski definition) is 1. The first-order valence-electron chi connectivity index (χ1n) is 8.12. The van der Waals surface area contributed by atoms with Gasteiger partial charge in [-0.3, -0.25) is 0 Å². The average Bonchev–Trinajstić information content (AvgIpc) is 2.59. The Labute approximate surface area is 141 Å². The average molecular weight is 340 g/mol. The van der Waals surface area contributed by atoms with Crippen LogP contribution in [0, 0.1) is 0 Å². The lowest BCUT2D eigenvalue weighted by atomic mass is 9.93. The van der Waals surface area contributed by atoms with Crippen LogP contribution < -0.4 is 10.1 Å². The quantitative estimate of drug-likeness (QED) is 0.918. The molecule has 0 atom stereocenters. The third-order valence-electron chi connectivity index (χ3n) is 4.29. The number of pyridine rings is 1. The van der Waals surface area contributed by atoms with Crippen molar-refractivity contribution in [3.05, 3.63) is 23.4 Å². The minimum Gasteiger partial charge on any atom is -0.474 e. The van der Waals surface area contributed by atoms with Gasteiger partial charge in [0.25, 0.3) is 0 Å². The van der Waals surface area contributed by atoms with E-state index in [4.69, 9.17) is 21.1 Å². The number of nitrogens with zero attached hydrogens (tertiary/aromatic N) is 2. The molecule has 2 amide bonds. The molecule has 2 heterocycles. The molecule has 23 heavy (non-hydrogen) atoms. The van der Waals surface area contributed by atoms with Gasteiger partial charge in [-0.15, -0.1) is 0 Å². The highest BCUT2D eigenvalue weighted by atomic mass is 35.5. The molecule has 1 aromatic rings. The molecule has 6 nitrogen and oxygen atoms in total. The molecule has 0 unspecified atom stereocenters. The summed E-state index contributed by atoms with van der Waals surface area (Å²) in [5.41, 5.74) is 0. The van der Waals surface area contributed by atoms with Crippen LogP contribution in [0.25, 0.3) is 0 Å². The van der Waals surface area contributed by atoms with E-state index in [1.165, 1.54) is 0 Å². The van der Waals surface area contributed by atoms with Crippen LogP contribution in [0.3, 0.4) is 0 Å². The van der Waals surface area contributed by atoms with E-state index in [0.29, 0.717) is 37.2 Å². The predicted octanol–water partition coefficient (Wildman–Crippen LogP) is 2.47. The molecule has 1 aromatic heterocycles. The van der Waals surface area contributed by atoms with Gasteiger partial charge < -0.3 is 19.7 Å². The molecular formula is C16H22ClN3O3. The zero-order chi connectivity index (χ0) is 16.1. The third kappa shape index (κ3) is 4.72. The van der Waals surface area contributed by atoms with Crippen LogP contribution in [0.4, 0.5) is 4.79 Å². The minimum atomic E-state index is 0.0250. The molecule has 1 aliphatic carbocycles. The predicted molar refractivity (Wildman–Crippen MR) is 86.8 cm³/mol. The summed E-state index contributed by atoms with van der Waals surface area (Å²) in [4.78, 5) is 18.2. The highest BCUT2D eigenvalue weighted by molar-refractivity contribution is 6.30. The van der Waals surface area contributed by atoms with Crippen molar-refractivity contribution < 1.29 is 14.3 Å². The summed E-state index contributed by atoms with van der Waals surface area (Å²) in [7, 11) is 0. The molecule has 1 N–H and O–H groups in total. The van der Waals surface area contributed by atoms with Crippen molar-refractivity contribution in [2.75, 3.05) is 26.3 Å². The Kier molecular flexibility index (Phi) is 5.56. The van der Waals surface area contributed by atoms with Crippen molar-refractivity contribution in [3.63, 3.8) is 0 Å². The van der Waals surface area contributed by atoms with Crippen molar-refractivity contribution in [2.45, 2.75) is 37.8 Å². The lowest BCUT2D eigenvalue weighted by Crippen LogP contribution is -2.50. The van der Waals surface area contributed by atoms with Gasteiger partial charge in [-0.2, -0.15) is 0 Å². The Balaban J connectivity index is 1.41. The first-order valence-corrected chi connectivity index (χ1v) is 8.50. The lowest BCUT2D eigenvalue weighted by molar-refractivity contribution is 0.0513. The molecule has 0 spiro atoms.